The molecule has 0 spiro atoms. The molecule has 6 nitrogen and oxygen atoms in total. The Morgan fingerprint density at radius 2 is 1.96 bits per heavy atom. The zero-order valence-electron chi connectivity index (χ0n) is 12.6. The molecule has 1 aromatic carbocycles. The molecule has 0 atom stereocenters. The number of amides is 1. The number of aryl methyl sites for hydroxylation is 1. The van der Waals surface area contributed by atoms with E-state index in [0.29, 0.717) is 23.7 Å². The number of pyridine rings is 1. The first-order valence-corrected chi connectivity index (χ1v) is 7.14. The van der Waals surface area contributed by atoms with Crippen molar-refractivity contribution in [1.29, 1.82) is 0 Å². The molecule has 3 rings (SSSR count). The van der Waals surface area contributed by atoms with Gasteiger partial charge in [-0.2, -0.15) is 0 Å². The van der Waals surface area contributed by atoms with E-state index in [1.54, 1.807) is 54.9 Å². The minimum absolute atomic E-state index is 0.243. The molecule has 0 saturated heterocycles. The largest absolute Gasteiger partial charge is 0.486 e. The Balaban J connectivity index is 1.59. The lowest BCUT2D eigenvalue weighted by atomic mass is 10.3. The predicted molar refractivity (Wildman–Crippen MR) is 86.2 cm³/mol. The molecular weight excluding hydrogens is 292 g/mol. The van der Waals surface area contributed by atoms with Crippen molar-refractivity contribution in [2.24, 2.45) is 7.05 Å². The lowest BCUT2D eigenvalue weighted by molar-refractivity contribution is 0.102. The number of carbonyl (C=O) groups excluding carboxylic acids is 1. The van der Waals surface area contributed by atoms with Crippen LogP contribution in [-0.2, 0) is 13.7 Å². The number of ether oxygens (including phenoxy) is 1. The van der Waals surface area contributed by atoms with Gasteiger partial charge in [0.1, 0.15) is 23.9 Å². The summed E-state index contributed by atoms with van der Waals surface area (Å²) in [5.74, 6) is 1.31. The molecule has 2 aromatic heterocycles. The minimum Gasteiger partial charge on any atom is -0.486 e. The van der Waals surface area contributed by atoms with Crippen LogP contribution in [0.1, 0.15) is 16.3 Å². The molecule has 0 unspecified atom stereocenters. The molecule has 0 aliphatic rings. The van der Waals surface area contributed by atoms with Crippen LogP contribution >= 0.6 is 0 Å². The summed E-state index contributed by atoms with van der Waals surface area (Å²) in [5.41, 5.74) is 1.06. The number of nitrogens with zero attached hydrogens (tertiary/aromatic N) is 3. The van der Waals surface area contributed by atoms with E-state index in [4.69, 9.17) is 4.74 Å². The van der Waals surface area contributed by atoms with Crippen molar-refractivity contribution in [2.45, 2.75) is 6.61 Å². The fraction of sp³-hybridized carbons (Fsp3) is 0.118. The number of rotatable bonds is 5. The number of anilines is 1. The Hall–Kier alpha value is -3.15. The van der Waals surface area contributed by atoms with Crippen LogP contribution in [0.3, 0.4) is 0 Å². The van der Waals surface area contributed by atoms with Gasteiger partial charge in [-0.3, -0.25) is 9.78 Å². The van der Waals surface area contributed by atoms with Gasteiger partial charge in [-0.15, -0.1) is 0 Å². The fourth-order valence-electron chi connectivity index (χ4n) is 2.01. The van der Waals surface area contributed by atoms with Crippen LogP contribution in [0.4, 0.5) is 5.69 Å². The van der Waals surface area contributed by atoms with Gasteiger partial charge in [0, 0.05) is 31.3 Å². The highest BCUT2D eigenvalue weighted by atomic mass is 16.5. The van der Waals surface area contributed by atoms with Crippen LogP contribution < -0.4 is 10.1 Å². The molecule has 0 radical (unpaired) electrons. The molecule has 0 aliphatic heterocycles. The zero-order chi connectivity index (χ0) is 16.1. The molecule has 0 aliphatic carbocycles. The van der Waals surface area contributed by atoms with Gasteiger partial charge in [-0.05, 0) is 36.4 Å². The van der Waals surface area contributed by atoms with Gasteiger partial charge in [0.2, 0.25) is 0 Å². The van der Waals surface area contributed by atoms with Crippen molar-refractivity contribution in [3.63, 3.8) is 0 Å². The second-order valence-electron chi connectivity index (χ2n) is 4.94. The molecule has 6 heteroatoms. The molecule has 2 heterocycles. The summed E-state index contributed by atoms with van der Waals surface area (Å²) in [5, 5.41) is 2.79. The Labute approximate surface area is 133 Å². The van der Waals surface area contributed by atoms with Crippen molar-refractivity contribution in [1.82, 2.24) is 14.5 Å². The summed E-state index contributed by atoms with van der Waals surface area (Å²) >= 11 is 0. The third-order valence-corrected chi connectivity index (χ3v) is 3.30. The maximum absolute atomic E-state index is 12.0. The van der Waals surface area contributed by atoms with Crippen LogP contribution in [0, 0.1) is 0 Å². The number of hydrogen-bond acceptors (Lipinski definition) is 4. The number of imidazole rings is 1. The smallest absolute Gasteiger partial charge is 0.274 e. The second-order valence-corrected chi connectivity index (χ2v) is 4.94. The summed E-state index contributed by atoms with van der Waals surface area (Å²) < 4.78 is 7.57. The normalized spacial score (nSPS) is 10.3. The van der Waals surface area contributed by atoms with Crippen molar-refractivity contribution >= 4 is 11.6 Å². The van der Waals surface area contributed by atoms with Gasteiger partial charge in [0.25, 0.3) is 5.91 Å². The van der Waals surface area contributed by atoms with E-state index < -0.39 is 0 Å². The Bertz CT molecular complexity index is 782. The topological polar surface area (TPSA) is 69.0 Å². The Kier molecular flexibility index (Phi) is 4.33. The summed E-state index contributed by atoms with van der Waals surface area (Å²) in [6.45, 7) is 0.392. The van der Waals surface area contributed by atoms with E-state index in [2.05, 4.69) is 15.3 Å². The standard InChI is InChI=1S/C17H16N4O2/c1-21-11-10-19-16(21)12-23-14-7-5-13(6-8-14)20-17(22)15-4-2-3-9-18-15/h2-11H,12H2,1H3,(H,20,22). The average molecular weight is 308 g/mol. The fourth-order valence-corrected chi connectivity index (χ4v) is 2.01. The van der Waals surface area contributed by atoms with Crippen LogP contribution in [-0.4, -0.2) is 20.4 Å². The minimum atomic E-state index is -0.243. The lowest BCUT2D eigenvalue weighted by Crippen LogP contribution is -2.13. The summed E-state index contributed by atoms with van der Waals surface area (Å²) in [4.78, 5) is 20.2. The monoisotopic (exact) mass is 308 g/mol. The Morgan fingerprint density at radius 1 is 1.13 bits per heavy atom. The summed E-state index contributed by atoms with van der Waals surface area (Å²) in [6.07, 6.45) is 5.19. The number of hydrogen-bond donors (Lipinski definition) is 1. The van der Waals surface area contributed by atoms with Crippen LogP contribution in [0.25, 0.3) is 0 Å². The average Bonchev–Trinajstić information content (AvgIpc) is 3.00. The zero-order valence-corrected chi connectivity index (χ0v) is 12.6. The third-order valence-electron chi connectivity index (χ3n) is 3.30. The number of benzene rings is 1. The van der Waals surface area contributed by atoms with Gasteiger partial charge >= 0.3 is 0 Å². The van der Waals surface area contributed by atoms with Crippen molar-refractivity contribution in [3.8, 4) is 5.75 Å². The van der Waals surface area contributed by atoms with Gasteiger partial charge < -0.3 is 14.6 Å². The quantitative estimate of drug-likeness (QED) is 0.786. The molecule has 116 valence electrons. The first-order chi connectivity index (χ1) is 11.2. The van der Waals surface area contributed by atoms with Crippen LogP contribution in [0.5, 0.6) is 5.75 Å². The number of carbonyl (C=O) groups is 1. The van der Waals surface area contributed by atoms with Crippen molar-refractivity contribution < 1.29 is 9.53 Å². The second kappa shape index (κ2) is 6.74. The molecule has 0 bridgehead atoms. The Morgan fingerprint density at radius 3 is 2.61 bits per heavy atom. The van der Waals surface area contributed by atoms with E-state index in [9.17, 15) is 4.79 Å². The highest BCUT2D eigenvalue weighted by molar-refractivity contribution is 6.02. The van der Waals surface area contributed by atoms with Crippen molar-refractivity contribution in [3.05, 3.63) is 72.6 Å². The van der Waals surface area contributed by atoms with Crippen molar-refractivity contribution in [2.75, 3.05) is 5.32 Å². The van der Waals surface area contributed by atoms with Gasteiger partial charge in [0.05, 0.1) is 0 Å². The molecule has 1 N–H and O–H groups in total. The predicted octanol–water partition coefficient (Wildman–Crippen LogP) is 2.65. The van der Waals surface area contributed by atoms with Crippen LogP contribution in [0.15, 0.2) is 61.1 Å². The molecule has 0 fully saturated rings. The number of nitrogens with one attached hydrogen (secondary N) is 1. The molecule has 3 aromatic rings. The van der Waals surface area contributed by atoms with Crippen LogP contribution in [0.2, 0.25) is 0 Å². The molecule has 23 heavy (non-hydrogen) atoms. The molecule has 0 saturated carbocycles. The van der Waals surface area contributed by atoms with Gasteiger partial charge in [-0.25, -0.2) is 4.98 Å². The van der Waals surface area contributed by atoms with E-state index in [0.717, 1.165) is 5.82 Å². The van der Waals surface area contributed by atoms with E-state index >= 15 is 0 Å². The van der Waals surface area contributed by atoms with Gasteiger partial charge in [-0.1, -0.05) is 6.07 Å². The third kappa shape index (κ3) is 3.74. The van der Waals surface area contributed by atoms with E-state index in [-0.39, 0.29) is 5.91 Å². The first kappa shape index (κ1) is 14.8. The highest BCUT2D eigenvalue weighted by Crippen LogP contribution is 2.17. The van der Waals surface area contributed by atoms with Gasteiger partial charge in [0.15, 0.2) is 0 Å². The summed E-state index contributed by atoms with van der Waals surface area (Å²) in [6, 6.07) is 12.4. The highest BCUT2D eigenvalue weighted by Gasteiger charge is 2.07. The first-order valence-electron chi connectivity index (χ1n) is 7.14. The molecular formula is C17H16N4O2. The number of aromatic nitrogens is 3. The maximum atomic E-state index is 12.0. The lowest BCUT2D eigenvalue weighted by Gasteiger charge is -2.08. The van der Waals surface area contributed by atoms with E-state index in [1.165, 1.54) is 0 Å². The van der Waals surface area contributed by atoms with E-state index in [1.807, 2.05) is 17.8 Å². The molecule has 1 amide bonds. The maximum Gasteiger partial charge on any atom is 0.274 e. The summed E-state index contributed by atoms with van der Waals surface area (Å²) in [7, 11) is 1.92. The SMILES string of the molecule is Cn1ccnc1COc1ccc(NC(=O)c2ccccn2)cc1.